The number of amides is 1. The minimum Gasteiger partial charge on any atom is -0.342 e. The first-order chi connectivity index (χ1) is 12.4. The summed E-state index contributed by atoms with van der Waals surface area (Å²) >= 11 is 1.08. The zero-order chi connectivity index (χ0) is 18.7. The smallest absolute Gasteiger partial charge is 0.342 e. The number of nitrogens with one attached hydrogen (secondary N) is 1. The molecule has 2 heterocycles. The molecular formula is C16H17F3N4O2S. The van der Waals surface area contributed by atoms with E-state index in [-0.39, 0.29) is 37.6 Å². The standard InChI is InChI=1S/C16H17F3N4O2S/c17-16(18,19)11-6-8-22(9-7-11)13(24)10-26-15-21-20-14(25)23(15)12-4-2-1-3-5-12/h1-5,11H,6-10H2,(H,20,25). The number of likely N-dealkylation sites (tertiary alicyclic amines) is 1. The number of carbonyl (C=O) groups excluding carboxylic acids is 1. The number of carbonyl (C=O) groups is 1. The molecule has 1 N–H and O–H groups in total. The number of alkyl halides is 3. The van der Waals surface area contributed by atoms with Crippen molar-refractivity contribution >= 4 is 17.7 Å². The molecule has 1 aromatic heterocycles. The molecule has 3 rings (SSSR count). The third-order valence-electron chi connectivity index (χ3n) is 4.29. The van der Waals surface area contributed by atoms with E-state index in [9.17, 15) is 22.8 Å². The Balaban J connectivity index is 1.61. The lowest BCUT2D eigenvalue weighted by Crippen LogP contribution is -2.42. The van der Waals surface area contributed by atoms with Crippen molar-refractivity contribution in [3.63, 3.8) is 0 Å². The van der Waals surface area contributed by atoms with Gasteiger partial charge in [0, 0.05) is 13.1 Å². The Hall–Kier alpha value is -2.23. The van der Waals surface area contributed by atoms with Crippen molar-refractivity contribution in [2.24, 2.45) is 5.92 Å². The van der Waals surface area contributed by atoms with Gasteiger partial charge >= 0.3 is 11.9 Å². The number of nitrogens with zero attached hydrogens (tertiary/aromatic N) is 3. The summed E-state index contributed by atoms with van der Waals surface area (Å²) in [6, 6.07) is 8.85. The summed E-state index contributed by atoms with van der Waals surface area (Å²) in [4.78, 5) is 25.7. The molecule has 10 heteroatoms. The highest BCUT2D eigenvalue weighted by atomic mass is 32.2. The van der Waals surface area contributed by atoms with Crippen LogP contribution in [0.25, 0.3) is 5.69 Å². The van der Waals surface area contributed by atoms with Crippen molar-refractivity contribution in [1.82, 2.24) is 19.7 Å². The average molecular weight is 386 g/mol. The van der Waals surface area contributed by atoms with Crippen molar-refractivity contribution < 1.29 is 18.0 Å². The number of benzene rings is 1. The summed E-state index contributed by atoms with van der Waals surface area (Å²) in [7, 11) is 0. The van der Waals surface area contributed by atoms with Crippen LogP contribution in [0.3, 0.4) is 0 Å². The molecule has 140 valence electrons. The summed E-state index contributed by atoms with van der Waals surface area (Å²) in [6.45, 7) is 0.186. The molecule has 0 aliphatic carbocycles. The van der Waals surface area contributed by atoms with Gasteiger partial charge in [-0.25, -0.2) is 14.5 Å². The number of hydrogen-bond donors (Lipinski definition) is 1. The average Bonchev–Trinajstić information content (AvgIpc) is 3.00. The molecule has 1 aliphatic heterocycles. The highest BCUT2D eigenvalue weighted by Gasteiger charge is 2.41. The molecule has 0 unspecified atom stereocenters. The van der Waals surface area contributed by atoms with Crippen LogP contribution in [0.5, 0.6) is 0 Å². The minimum absolute atomic E-state index is 0.00775. The van der Waals surface area contributed by atoms with Gasteiger partial charge in [-0.05, 0) is 25.0 Å². The summed E-state index contributed by atoms with van der Waals surface area (Å²) in [6.07, 6.45) is -4.35. The van der Waals surface area contributed by atoms with Gasteiger partial charge in [-0.1, -0.05) is 30.0 Å². The van der Waals surface area contributed by atoms with Gasteiger partial charge in [0.05, 0.1) is 17.4 Å². The molecule has 26 heavy (non-hydrogen) atoms. The van der Waals surface area contributed by atoms with Crippen molar-refractivity contribution in [3.05, 3.63) is 40.8 Å². The maximum atomic E-state index is 12.7. The fraction of sp³-hybridized carbons (Fsp3) is 0.438. The molecular weight excluding hydrogens is 369 g/mol. The van der Waals surface area contributed by atoms with E-state index < -0.39 is 17.8 Å². The van der Waals surface area contributed by atoms with E-state index in [2.05, 4.69) is 10.2 Å². The first kappa shape index (κ1) is 18.6. The fourth-order valence-electron chi connectivity index (χ4n) is 2.86. The van der Waals surface area contributed by atoms with E-state index in [0.717, 1.165) is 11.8 Å². The van der Waals surface area contributed by atoms with Crippen LogP contribution in [0.1, 0.15) is 12.8 Å². The Morgan fingerprint density at radius 3 is 2.50 bits per heavy atom. The number of rotatable bonds is 4. The zero-order valence-corrected chi connectivity index (χ0v) is 14.5. The summed E-state index contributed by atoms with van der Waals surface area (Å²) in [5.74, 6) is -1.59. The second kappa shape index (κ2) is 7.56. The lowest BCUT2D eigenvalue weighted by Gasteiger charge is -2.32. The van der Waals surface area contributed by atoms with Crippen LogP contribution in [0.15, 0.2) is 40.3 Å². The molecule has 2 aromatic rings. The van der Waals surface area contributed by atoms with Gasteiger partial charge in [-0.3, -0.25) is 4.79 Å². The van der Waals surface area contributed by atoms with Crippen molar-refractivity contribution in [2.45, 2.75) is 24.2 Å². The second-order valence-electron chi connectivity index (χ2n) is 5.97. The summed E-state index contributed by atoms with van der Waals surface area (Å²) in [5.41, 5.74) is 0.198. The normalized spacial score (nSPS) is 16.0. The monoisotopic (exact) mass is 386 g/mol. The first-order valence-corrected chi connectivity index (χ1v) is 9.05. The van der Waals surface area contributed by atoms with Crippen LogP contribution in [-0.4, -0.2) is 50.6 Å². The number of para-hydroxylation sites is 1. The molecule has 1 aliphatic rings. The van der Waals surface area contributed by atoms with Crippen molar-refractivity contribution in [3.8, 4) is 5.69 Å². The van der Waals surface area contributed by atoms with Crippen molar-refractivity contribution in [1.29, 1.82) is 0 Å². The zero-order valence-electron chi connectivity index (χ0n) is 13.7. The van der Waals surface area contributed by atoms with Crippen LogP contribution in [0.2, 0.25) is 0 Å². The molecule has 1 saturated heterocycles. The number of halogens is 3. The number of aromatic nitrogens is 3. The number of aromatic amines is 1. The van der Waals surface area contributed by atoms with Gasteiger partial charge in [-0.15, -0.1) is 5.10 Å². The maximum absolute atomic E-state index is 12.7. The van der Waals surface area contributed by atoms with E-state index in [1.54, 1.807) is 24.3 Å². The molecule has 6 nitrogen and oxygen atoms in total. The Morgan fingerprint density at radius 1 is 1.23 bits per heavy atom. The van der Waals surface area contributed by atoms with Gasteiger partial charge in [-0.2, -0.15) is 13.2 Å². The molecule has 1 fully saturated rings. The Bertz CT molecular complexity index is 811. The van der Waals surface area contributed by atoms with E-state index in [1.807, 2.05) is 6.07 Å². The van der Waals surface area contributed by atoms with Crippen LogP contribution >= 0.6 is 11.8 Å². The van der Waals surface area contributed by atoms with Gasteiger partial charge in [0.25, 0.3) is 0 Å². The number of H-pyrrole nitrogens is 1. The lowest BCUT2D eigenvalue weighted by molar-refractivity contribution is -0.186. The minimum atomic E-state index is -4.20. The Kier molecular flexibility index (Phi) is 5.40. The number of piperidine rings is 1. The highest BCUT2D eigenvalue weighted by molar-refractivity contribution is 7.99. The lowest BCUT2D eigenvalue weighted by atomic mass is 9.96. The summed E-state index contributed by atoms with van der Waals surface area (Å²) < 4.78 is 39.4. The highest BCUT2D eigenvalue weighted by Crippen LogP contribution is 2.34. The van der Waals surface area contributed by atoms with Crippen LogP contribution < -0.4 is 5.69 Å². The largest absolute Gasteiger partial charge is 0.391 e. The SMILES string of the molecule is O=C(CSc1n[nH]c(=O)n1-c1ccccc1)N1CCC(C(F)(F)F)CC1. The third kappa shape index (κ3) is 4.12. The predicted octanol–water partition coefficient (Wildman–Crippen LogP) is 2.45. The molecule has 0 spiro atoms. The topological polar surface area (TPSA) is 71.0 Å². The van der Waals surface area contributed by atoms with E-state index in [1.165, 1.54) is 9.47 Å². The third-order valence-corrected chi connectivity index (χ3v) is 5.21. The molecule has 1 amide bonds. The van der Waals surface area contributed by atoms with E-state index in [4.69, 9.17) is 0 Å². The Morgan fingerprint density at radius 2 is 1.88 bits per heavy atom. The second-order valence-corrected chi connectivity index (χ2v) is 6.91. The first-order valence-electron chi connectivity index (χ1n) is 8.06. The van der Waals surface area contributed by atoms with E-state index in [0.29, 0.717) is 10.8 Å². The van der Waals surface area contributed by atoms with Crippen LogP contribution in [-0.2, 0) is 4.79 Å². The maximum Gasteiger partial charge on any atom is 0.391 e. The Labute approximate surface area is 151 Å². The molecule has 1 aromatic carbocycles. The van der Waals surface area contributed by atoms with E-state index >= 15 is 0 Å². The van der Waals surface area contributed by atoms with Gasteiger partial charge in [0.1, 0.15) is 0 Å². The van der Waals surface area contributed by atoms with Gasteiger partial charge in [0.2, 0.25) is 5.91 Å². The molecule has 0 atom stereocenters. The molecule has 0 radical (unpaired) electrons. The van der Waals surface area contributed by atoms with Crippen LogP contribution in [0, 0.1) is 5.92 Å². The molecule has 0 saturated carbocycles. The quantitative estimate of drug-likeness (QED) is 0.820. The number of thioether (sulfide) groups is 1. The summed E-state index contributed by atoms with van der Waals surface area (Å²) in [5, 5.41) is 6.60. The van der Waals surface area contributed by atoms with Gasteiger partial charge in [0.15, 0.2) is 5.16 Å². The molecule has 0 bridgehead atoms. The predicted molar refractivity (Wildman–Crippen MR) is 90.3 cm³/mol. The fourth-order valence-corrected chi connectivity index (χ4v) is 3.72. The number of hydrogen-bond acceptors (Lipinski definition) is 4. The van der Waals surface area contributed by atoms with Gasteiger partial charge < -0.3 is 4.90 Å². The van der Waals surface area contributed by atoms with Crippen LogP contribution in [0.4, 0.5) is 13.2 Å². The van der Waals surface area contributed by atoms with Crippen molar-refractivity contribution in [2.75, 3.05) is 18.8 Å².